The molecule has 28 heavy (non-hydrogen) atoms. The Morgan fingerprint density at radius 3 is 2.43 bits per heavy atom. The number of amides is 4. The molecule has 2 aromatic carbocycles. The van der Waals surface area contributed by atoms with Gasteiger partial charge >= 0.3 is 6.03 Å². The molecule has 4 amide bonds. The fourth-order valence-corrected chi connectivity index (χ4v) is 3.17. The number of imide groups is 2. The van der Waals surface area contributed by atoms with E-state index < -0.39 is 17.8 Å². The second-order valence-electron chi connectivity index (χ2n) is 5.71. The van der Waals surface area contributed by atoms with E-state index in [-0.39, 0.29) is 17.2 Å². The number of carbonyl (C=O) groups is 3. The number of urea groups is 1. The van der Waals surface area contributed by atoms with Crippen LogP contribution in [0, 0.1) is 0 Å². The van der Waals surface area contributed by atoms with Crippen molar-refractivity contribution in [3.63, 3.8) is 0 Å². The zero-order chi connectivity index (χ0) is 20.3. The molecule has 0 saturated carbocycles. The van der Waals surface area contributed by atoms with Crippen molar-refractivity contribution in [2.24, 2.45) is 0 Å². The number of methoxy groups -OCH3 is 1. The van der Waals surface area contributed by atoms with Gasteiger partial charge in [-0.1, -0.05) is 45.7 Å². The van der Waals surface area contributed by atoms with Crippen LogP contribution < -0.4 is 20.1 Å². The molecule has 0 bridgehead atoms. The lowest BCUT2D eigenvalue weighted by molar-refractivity contribution is -0.123. The van der Waals surface area contributed by atoms with Crippen molar-refractivity contribution in [1.29, 1.82) is 0 Å². The van der Waals surface area contributed by atoms with Crippen molar-refractivity contribution in [3.8, 4) is 11.5 Å². The highest BCUT2D eigenvalue weighted by atomic mass is 79.9. The molecule has 1 aliphatic rings. The van der Waals surface area contributed by atoms with E-state index in [9.17, 15) is 14.4 Å². The van der Waals surface area contributed by atoms with E-state index in [1.807, 2.05) is 34.9 Å². The summed E-state index contributed by atoms with van der Waals surface area (Å²) < 4.78 is 12.1. The quantitative estimate of drug-likeness (QED) is 0.521. The predicted octanol–water partition coefficient (Wildman–Crippen LogP) is 3.44. The number of carbonyl (C=O) groups excluding carboxylic acids is 3. The molecule has 7 nitrogen and oxygen atoms in total. The molecule has 1 heterocycles. The van der Waals surface area contributed by atoms with Crippen molar-refractivity contribution in [2.45, 2.75) is 6.61 Å². The Kier molecular flexibility index (Phi) is 6.01. The van der Waals surface area contributed by atoms with Crippen LogP contribution >= 0.6 is 27.5 Å². The summed E-state index contributed by atoms with van der Waals surface area (Å²) in [6, 6.07) is 9.84. The maximum atomic E-state index is 11.9. The fraction of sp³-hybridized carbons (Fsp3) is 0.105. The summed E-state index contributed by atoms with van der Waals surface area (Å²) in [6.07, 6.45) is 1.31. The van der Waals surface area contributed by atoms with E-state index >= 15 is 0 Å². The Hall–Kier alpha value is -2.84. The number of barbiturate groups is 1. The molecule has 1 saturated heterocycles. The van der Waals surface area contributed by atoms with Gasteiger partial charge in [0.05, 0.1) is 12.1 Å². The minimum atomic E-state index is -0.862. The normalized spacial score (nSPS) is 13.7. The van der Waals surface area contributed by atoms with E-state index in [2.05, 4.69) is 15.9 Å². The third kappa shape index (κ3) is 4.35. The predicted molar refractivity (Wildman–Crippen MR) is 106 cm³/mol. The maximum absolute atomic E-state index is 11.9. The van der Waals surface area contributed by atoms with Gasteiger partial charge in [-0.3, -0.25) is 20.2 Å². The summed E-state index contributed by atoms with van der Waals surface area (Å²) in [5, 5.41) is 4.26. The van der Waals surface area contributed by atoms with Crippen molar-refractivity contribution in [3.05, 3.63) is 62.6 Å². The lowest BCUT2D eigenvalue weighted by Crippen LogP contribution is -2.51. The van der Waals surface area contributed by atoms with Crippen LogP contribution in [0.2, 0.25) is 5.02 Å². The highest BCUT2D eigenvalue weighted by molar-refractivity contribution is 9.10. The molecule has 9 heteroatoms. The molecule has 0 unspecified atom stereocenters. The first kappa shape index (κ1) is 19.9. The smallest absolute Gasteiger partial charge is 0.328 e. The minimum absolute atomic E-state index is 0.223. The highest BCUT2D eigenvalue weighted by Crippen LogP contribution is 2.38. The van der Waals surface area contributed by atoms with Gasteiger partial charge in [-0.2, -0.15) is 0 Å². The third-order valence-corrected chi connectivity index (χ3v) is 4.89. The van der Waals surface area contributed by atoms with Gasteiger partial charge in [0.15, 0.2) is 11.5 Å². The molecule has 1 aliphatic heterocycles. The maximum Gasteiger partial charge on any atom is 0.328 e. The Morgan fingerprint density at radius 2 is 1.79 bits per heavy atom. The molecule has 2 N–H and O–H groups in total. The van der Waals surface area contributed by atoms with Gasteiger partial charge < -0.3 is 9.47 Å². The van der Waals surface area contributed by atoms with Crippen LogP contribution in [0.25, 0.3) is 6.08 Å². The van der Waals surface area contributed by atoms with Crippen LogP contribution in [0.4, 0.5) is 4.79 Å². The molecule has 3 rings (SSSR count). The fourth-order valence-electron chi connectivity index (χ4n) is 2.50. The van der Waals surface area contributed by atoms with E-state index in [4.69, 9.17) is 21.1 Å². The van der Waals surface area contributed by atoms with Crippen molar-refractivity contribution in [2.75, 3.05) is 7.11 Å². The Morgan fingerprint density at radius 1 is 1.11 bits per heavy atom. The Labute approximate surface area is 173 Å². The summed E-state index contributed by atoms with van der Waals surface area (Å²) >= 11 is 9.79. The first-order chi connectivity index (χ1) is 13.4. The summed E-state index contributed by atoms with van der Waals surface area (Å²) in [5.41, 5.74) is 1.14. The Balaban J connectivity index is 1.88. The summed E-state index contributed by atoms with van der Waals surface area (Å²) in [5.74, 6) is -0.926. The number of hydrogen-bond acceptors (Lipinski definition) is 5. The van der Waals surface area contributed by atoms with Gasteiger partial charge in [0.2, 0.25) is 0 Å². The average Bonchev–Trinajstić information content (AvgIpc) is 2.64. The molecule has 0 aliphatic carbocycles. The largest absolute Gasteiger partial charge is 0.493 e. The zero-order valence-corrected chi connectivity index (χ0v) is 16.9. The standard InChI is InChI=1S/C19H14BrClN2O5/c1-27-15-8-10(6-12-17(24)22-19(26)23-18(12)25)7-14(21)16(15)28-9-11-4-2-3-5-13(11)20/h2-8H,9H2,1H3,(H2,22,23,24,25,26). The van der Waals surface area contributed by atoms with Gasteiger partial charge in [-0.25, -0.2) is 4.79 Å². The monoisotopic (exact) mass is 464 g/mol. The molecule has 0 spiro atoms. The number of hydrogen-bond donors (Lipinski definition) is 2. The lowest BCUT2D eigenvalue weighted by Gasteiger charge is -2.16. The second-order valence-corrected chi connectivity index (χ2v) is 6.97. The first-order valence-corrected chi connectivity index (χ1v) is 9.18. The third-order valence-electron chi connectivity index (χ3n) is 3.84. The highest BCUT2D eigenvalue weighted by Gasteiger charge is 2.28. The zero-order valence-electron chi connectivity index (χ0n) is 14.5. The summed E-state index contributed by atoms with van der Waals surface area (Å²) in [4.78, 5) is 34.9. The number of halogens is 2. The minimum Gasteiger partial charge on any atom is -0.493 e. The molecule has 144 valence electrons. The first-order valence-electron chi connectivity index (χ1n) is 8.01. The molecule has 0 atom stereocenters. The summed E-state index contributed by atoms with van der Waals surface area (Å²) in [7, 11) is 1.45. The van der Waals surface area contributed by atoms with Crippen LogP contribution in [-0.4, -0.2) is 25.0 Å². The van der Waals surface area contributed by atoms with Crippen molar-refractivity contribution >= 4 is 51.5 Å². The van der Waals surface area contributed by atoms with E-state index in [0.29, 0.717) is 17.1 Å². The van der Waals surface area contributed by atoms with Crippen LogP contribution in [0.5, 0.6) is 11.5 Å². The van der Waals surface area contributed by atoms with Crippen LogP contribution in [0.3, 0.4) is 0 Å². The second kappa shape index (κ2) is 8.45. The van der Waals surface area contributed by atoms with Crippen LogP contribution in [-0.2, 0) is 16.2 Å². The van der Waals surface area contributed by atoms with E-state index in [1.54, 1.807) is 6.07 Å². The lowest BCUT2D eigenvalue weighted by atomic mass is 10.1. The van der Waals surface area contributed by atoms with Gasteiger partial charge in [0.25, 0.3) is 11.8 Å². The molecule has 2 aromatic rings. The molecular formula is C19H14BrClN2O5. The number of rotatable bonds is 5. The topological polar surface area (TPSA) is 93.7 Å². The van der Waals surface area contributed by atoms with E-state index in [1.165, 1.54) is 19.3 Å². The number of benzene rings is 2. The van der Waals surface area contributed by atoms with Crippen molar-refractivity contribution < 1.29 is 23.9 Å². The molecule has 0 aromatic heterocycles. The molecular weight excluding hydrogens is 452 g/mol. The molecule has 0 radical (unpaired) electrons. The SMILES string of the molecule is COc1cc(C=C2C(=O)NC(=O)NC2=O)cc(Cl)c1OCc1ccccc1Br. The van der Waals surface area contributed by atoms with E-state index in [0.717, 1.165) is 10.0 Å². The van der Waals surface area contributed by atoms with Crippen LogP contribution in [0.1, 0.15) is 11.1 Å². The summed E-state index contributed by atoms with van der Waals surface area (Å²) in [6.45, 7) is 0.255. The van der Waals surface area contributed by atoms with Gasteiger partial charge in [-0.15, -0.1) is 0 Å². The molecule has 1 fully saturated rings. The number of ether oxygens (including phenoxy) is 2. The van der Waals surface area contributed by atoms with Gasteiger partial charge in [0.1, 0.15) is 12.2 Å². The van der Waals surface area contributed by atoms with Crippen molar-refractivity contribution in [1.82, 2.24) is 10.6 Å². The van der Waals surface area contributed by atoms with Gasteiger partial charge in [-0.05, 0) is 29.8 Å². The Bertz CT molecular complexity index is 984. The number of nitrogens with one attached hydrogen (secondary N) is 2. The van der Waals surface area contributed by atoms with Gasteiger partial charge in [0, 0.05) is 10.0 Å². The average molecular weight is 466 g/mol. The van der Waals surface area contributed by atoms with Crippen LogP contribution in [0.15, 0.2) is 46.4 Å².